The molecule has 1 aliphatic heterocycles. The summed E-state index contributed by atoms with van der Waals surface area (Å²) in [5.41, 5.74) is 6.27. The van der Waals surface area contributed by atoms with Crippen LogP contribution >= 0.6 is 11.6 Å². The fraction of sp³-hybridized carbons (Fsp3) is 0.455. The molecule has 0 aromatic carbocycles. The number of halogens is 1. The Balaban J connectivity index is 2.09. The van der Waals surface area contributed by atoms with Gasteiger partial charge in [0.2, 0.25) is 0 Å². The minimum Gasteiger partial charge on any atom is -0.394 e. The summed E-state index contributed by atoms with van der Waals surface area (Å²) in [5.74, 6) is 0.278. The molecule has 3 atom stereocenters. The minimum atomic E-state index is -0.736. The van der Waals surface area contributed by atoms with Crippen LogP contribution in [0.25, 0.3) is 11.0 Å². The molecule has 0 radical (unpaired) electrons. The zero-order chi connectivity index (χ0) is 13.6. The number of hydrogen-bond acceptors (Lipinski definition) is 6. The van der Waals surface area contributed by atoms with Gasteiger partial charge in [0.15, 0.2) is 6.23 Å². The molecule has 0 saturated carbocycles. The molecular weight excluding hydrogens is 272 g/mol. The fourth-order valence-corrected chi connectivity index (χ4v) is 2.64. The maximum absolute atomic E-state index is 10.0. The molecule has 8 heteroatoms. The van der Waals surface area contributed by atoms with Crippen LogP contribution in [-0.4, -0.2) is 43.6 Å². The first-order chi connectivity index (χ1) is 9.11. The molecule has 102 valence electrons. The first kappa shape index (κ1) is 12.6. The van der Waals surface area contributed by atoms with E-state index in [1.165, 1.54) is 6.33 Å². The Morgan fingerprint density at radius 3 is 3.00 bits per heavy atom. The van der Waals surface area contributed by atoms with Crippen molar-refractivity contribution >= 4 is 28.5 Å². The smallest absolute Gasteiger partial charge is 0.161 e. The van der Waals surface area contributed by atoms with E-state index in [1.54, 1.807) is 10.8 Å². The molecular formula is C11H13ClN4O3. The van der Waals surface area contributed by atoms with E-state index in [9.17, 15) is 5.11 Å². The molecule has 2 aromatic heterocycles. The van der Waals surface area contributed by atoms with Crippen LogP contribution in [0.1, 0.15) is 12.6 Å². The van der Waals surface area contributed by atoms with Gasteiger partial charge in [0.05, 0.1) is 23.1 Å². The molecule has 0 spiro atoms. The zero-order valence-corrected chi connectivity index (χ0v) is 10.7. The molecule has 3 heterocycles. The highest BCUT2D eigenvalue weighted by Crippen LogP contribution is 2.35. The van der Waals surface area contributed by atoms with E-state index in [-0.39, 0.29) is 12.4 Å². The summed E-state index contributed by atoms with van der Waals surface area (Å²) >= 11 is 6.11. The minimum absolute atomic E-state index is 0.141. The van der Waals surface area contributed by atoms with Gasteiger partial charge >= 0.3 is 0 Å². The van der Waals surface area contributed by atoms with E-state index in [1.807, 2.05) is 0 Å². The van der Waals surface area contributed by atoms with Crippen molar-refractivity contribution in [1.29, 1.82) is 0 Å². The maximum Gasteiger partial charge on any atom is 0.161 e. The summed E-state index contributed by atoms with van der Waals surface area (Å²) in [4.78, 5) is 8.01. The first-order valence-electron chi connectivity index (χ1n) is 5.82. The number of nitrogens with zero attached hydrogens (tertiary/aromatic N) is 3. The predicted octanol–water partition coefficient (Wildman–Crippen LogP) is 0.308. The van der Waals surface area contributed by atoms with Crippen LogP contribution < -0.4 is 5.73 Å². The Bertz CT molecular complexity index is 617. The van der Waals surface area contributed by atoms with Crippen molar-refractivity contribution in [3.8, 4) is 0 Å². The van der Waals surface area contributed by atoms with Crippen LogP contribution in [-0.2, 0) is 4.74 Å². The number of rotatable bonds is 2. The topological polar surface area (TPSA) is 106 Å². The maximum atomic E-state index is 10.0. The van der Waals surface area contributed by atoms with Crippen LogP contribution in [0.5, 0.6) is 0 Å². The molecule has 0 unspecified atom stereocenters. The molecule has 4 N–H and O–H groups in total. The quantitative estimate of drug-likeness (QED) is 0.733. The monoisotopic (exact) mass is 284 g/mol. The molecule has 19 heavy (non-hydrogen) atoms. The van der Waals surface area contributed by atoms with Gasteiger partial charge in [0.25, 0.3) is 0 Å². The highest BCUT2D eigenvalue weighted by molar-refractivity contribution is 6.36. The van der Waals surface area contributed by atoms with Crippen molar-refractivity contribution < 1.29 is 14.9 Å². The van der Waals surface area contributed by atoms with E-state index < -0.39 is 18.4 Å². The predicted molar refractivity (Wildman–Crippen MR) is 68.6 cm³/mol. The van der Waals surface area contributed by atoms with E-state index in [0.29, 0.717) is 22.5 Å². The van der Waals surface area contributed by atoms with Crippen LogP contribution in [0.3, 0.4) is 0 Å². The van der Waals surface area contributed by atoms with Crippen molar-refractivity contribution in [3.05, 3.63) is 17.5 Å². The third-order valence-corrected chi connectivity index (χ3v) is 3.52. The first-order valence-corrected chi connectivity index (χ1v) is 6.20. The number of hydrogen-bond donors (Lipinski definition) is 3. The van der Waals surface area contributed by atoms with Gasteiger partial charge in [-0.3, -0.25) is 0 Å². The lowest BCUT2D eigenvalue weighted by Crippen LogP contribution is -2.19. The second-order valence-corrected chi connectivity index (χ2v) is 4.88. The van der Waals surface area contributed by atoms with Gasteiger partial charge in [-0.1, -0.05) is 11.6 Å². The average Bonchev–Trinajstić information content (AvgIpc) is 2.91. The lowest BCUT2D eigenvalue weighted by Gasteiger charge is -2.17. The van der Waals surface area contributed by atoms with Gasteiger partial charge in [-0.15, -0.1) is 0 Å². The van der Waals surface area contributed by atoms with E-state index in [2.05, 4.69) is 9.97 Å². The van der Waals surface area contributed by atoms with E-state index in [0.717, 1.165) is 0 Å². The van der Waals surface area contributed by atoms with Gasteiger partial charge in [-0.25, -0.2) is 9.97 Å². The van der Waals surface area contributed by atoms with Gasteiger partial charge in [0.1, 0.15) is 23.9 Å². The highest BCUT2D eigenvalue weighted by Gasteiger charge is 2.36. The normalized spacial score (nSPS) is 27.2. The van der Waals surface area contributed by atoms with Gasteiger partial charge in [-0.2, -0.15) is 0 Å². The summed E-state index contributed by atoms with van der Waals surface area (Å²) in [7, 11) is 0. The summed E-state index contributed by atoms with van der Waals surface area (Å²) in [6.45, 7) is -0.141. The Hall–Kier alpha value is -1.41. The summed E-state index contributed by atoms with van der Waals surface area (Å²) in [6, 6.07) is 0. The molecule has 7 nitrogen and oxygen atoms in total. The van der Waals surface area contributed by atoms with Crippen molar-refractivity contribution in [2.75, 3.05) is 12.3 Å². The highest BCUT2D eigenvalue weighted by atomic mass is 35.5. The molecule has 0 amide bonds. The Morgan fingerprint density at radius 1 is 1.53 bits per heavy atom. The number of anilines is 1. The van der Waals surface area contributed by atoms with Gasteiger partial charge in [0, 0.05) is 12.6 Å². The second-order valence-electron chi connectivity index (χ2n) is 4.48. The van der Waals surface area contributed by atoms with E-state index in [4.69, 9.17) is 27.2 Å². The zero-order valence-electron chi connectivity index (χ0n) is 9.90. The Labute approximate surface area is 113 Å². The van der Waals surface area contributed by atoms with Gasteiger partial charge < -0.3 is 25.3 Å². The number of aliphatic hydroxyl groups excluding tert-OH is 2. The van der Waals surface area contributed by atoms with Crippen molar-refractivity contribution in [3.63, 3.8) is 0 Å². The van der Waals surface area contributed by atoms with Crippen LogP contribution in [0, 0.1) is 0 Å². The van der Waals surface area contributed by atoms with E-state index >= 15 is 0 Å². The van der Waals surface area contributed by atoms with Crippen LogP contribution in [0.15, 0.2) is 12.5 Å². The number of nitrogen functional groups attached to an aromatic ring is 1. The molecule has 0 aliphatic carbocycles. The molecule has 0 bridgehead atoms. The summed E-state index contributed by atoms with van der Waals surface area (Å²) in [6.07, 6.45) is 1.52. The molecule has 1 fully saturated rings. The number of aromatic nitrogens is 3. The average molecular weight is 285 g/mol. The Morgan fingerprint density at radius 2 is 2.32 bits per heavy atom. The third kappa shape index (κ3) is 1.95. The molecule has 1 aliphatic rings. The SMILES string of the molecule is Nc1ncnc2c1c(Cl)cn2[C@@H]1O[C@H](CO)C[C@H]1O. The van der Waals surface area contributed by atoms with Crippen LogP contribution in [0.4, 0.5) is 5.82 Å². The van der Waals surface area contributed by atoms with Crippen molar-refractivity contribution in [2.45, 2.75) is 24.9 Å². The lowest BCUT2D eigenvalue weighted by molar-refractivity contribution is -0.0484. The standard InChI is InChI=1S/C11H13ClN4O3/c12-6-2-16(10-8(6)9(13)14-4-15-10)11-7(18)1-5(3-17)19-11/h2,4-5,7,11,17-18H,1,3H2,(H2,13,14,15)/t5-,7+,11+/m0/s1. The second kappa shape index (κ2) is 4.61. The third-order valence-electron chi connectivity index (χ3n) is 3.24. The molecule has 1 saturated heterocycles. The largest absolute Gasteiger partial charge is 0.394 e. The number of aliphatic hydroxyl groups is 2. The number of ether oxygens (including phenoxy) is 1. The summed E-state index contributed by atoms with van der Waals surface area (Å²) < 4.78 is 7.19. The van der Waals surface area contributed by atoms with Crippen LogP contribution in [0.2, 0.25) is 5.02 Å². The summed E-state index contributed by atoms with van der Waals surface area (Å²) in [5, 5.41) is 20.0. The van der Waals surface area contributed by atoms with Gasteiger partial charge in [-0.05, 0) is 0 Å². The molecule has 3 rings (SSSR count). The fourth-order valence-electron chi connectivity index (χ4n) is 2.35. The number of nitrogens with two attached hydrogens (primary N) is 1. The lowest BCUT2D eigenvalue weighted by atomic mass is 10.2. The number of fused-ring (bicyclic) bond motifs is 1. The Kier molecular flexibility index (Phi) is 3.06. The van der Waals surface area contributed by atoms with Crippen molar-refractivity contribution in [2.24, 2.45) is 0 Å². The molecule has 2 aromatic rings. The van der Waals surface area contributed by atoms with Crippen molar-refractivity contribution in [1.82, 2.24) is 14.5 Å².